The molecule has 5 nitrogen and oxygen atoms in total. The average molecular weight is 278 g/mol. The zero-order valence-electron chi connectivity index (χ0n) is 13.0. The van der Waals surface area contributed by atoms with E-state index in [9.17, 15) is 0 Å². The molecule has 1 aliphatic heterocycles. The van der Waals surface area contributed by atoms with Gasteiger partial charge in [-0.15, -0.1) is 0 Å². The van der Waals surface area contributed by atoms with E-state index in [-0.39, 0.29) is 6.10 Å². The molecule has 2 atom stereocenters. The summed E-state index contributed by atoms with van der Waals surface area (Å²) in [6.45, 7) is 10.1. The number of hydrogen-bond donors (Lipinski definition) is 1. The van der Waals surface area contributed by atoms with Gasteiger partial charge >= 0.3 is 0 Å². The molecule has 0 spiro atoms. The van der Waals surface area contributed by atoms with Crippen LogP contribution >= 0.6 is 0 Å². The van der Waals surface area contributed by atoms with Crippen molar-refractivity contribution in [1.29, 1.82) is 0 Å². The van der Waals surface area contributed by atoms with Crippen LogP contribution in [0.5, 0.6) is 0 Å². The van der Waals surface area contributed by atoms with Crippen molar-refractivity contribution in [2.24, 2.45) is 5.92 Å². The number of piperidine rings is 1. The average Bonchev–Trinajstić information content (AvgIpc) is 2.46. The molecular weight excluding hydrogens is 252 g/mol. The van der Waals surface area contributed by atoms with Crippen molar-refractivity contribution in [1.82, 2.24) is 15.3 Å². The van der Waals surface area contributed by atoms with Crippen molar-refractivity contribution >= 4 is 5.95 Å². The lowest BCUT2D eigenvalue weighted by Gasteiger charge is -2.36. The first-order valence-corrected chi connectivity index (χ1v) is 7.46. The Bertz CT molecular complexity index is 438. The van der Waals surface area contributed by atoms with Crippen LogP contribution < -0.4 is 10.2 Å². The molecule has 0 saturated carbocycles. The number of anilines is 1. The van der Waals surface area contributed by atoms with Gasteiger partial charge in [0.05, 0.1) is 6.10 Å². The first kappa shape index (κ1) is 15.2. The smallest absolute Gasteiger partial charge is 0.225 e. The molecule has 0 radical (unpaired) electrons. The lowest BCUT2D eigenvalue weighted by molar-refractivity contribution is 0.0494. The van der Waals surface area contributed by atoms with Crippen LogP contribution in [0, 0.1) is 12.8 Å². The van der Waals surface area contributed by atoms with E-state index in [0.29, 0.717) is 5.92 Å². The van der Waals surface area contributed by atoms with Crippen LogP contribution in [0.4, 0.5) is 5.95 Å². The van der Waals surface area contributed by atoms with Crippen LogP contribution in [0.1, 0.15) is 31.5 Å². The highest BCUT2D eigenvalue weighted by atomic mass is 16.5. The third-order valence-electron chi connectivity index (χ3n) is 4.11. The maximum atomic E-state index is 5.55. The number of methoxy groups -OCH3 is 1. The van der Waals surface area contributed by atoms with Crippen molar-refractivity contribution in [2.75, 3.05) is 31.6 Å². The van der Waals surface area contributed by atoms with Gasteiger partial charge in [-0.1, -0.05) is 13.8 Å². The maximum Gasteiger partial charge on any atom is 0.225 e. The summed E-state index contributed by atoms with van der Waals surface area (Å²) in [5.41, 5.74) is 2.23. The van der Waals surface area contributed by atoms with E-state index in [1.165, 1.54) is 5.56 Å². The topological polar surface area (TPSA) is 50.3 Å². The minimum absolute atomic E-state index is 0.272. The Morgan fingerprint density at radius 2 is 2.30 bits per heavy atom. The van der Waals surface area contributed by atoms with Crippen LogP contribution in [0.3, 0.4) is 0 Å². The maximum absolute atomic E-state index is 5.55. The summed E-state index contributed by atoms with van der Waals surface area (Å²) in [5, 5.41) is 3.31. The van der Waals surface area contributed by atoms with Gasteiger partial charge in [-0.2, -0.15) is 0 Å². The summed E-state index contributed by atoms with van der Waals surface area (Å²) in [5.74, 6) is 1.43. The lowest BCUT2D eigenvalue weighted by Crippen LogP contribution is -2.44. The highest BCUT2D eigenvalue weighted by molar-refractivity contribution is 5.34. The Hall–Kier alpha value is -1.20. The summed E-state index contributed by atoms with van der Waals surface area (Å²) >= 11 is 0. The van der Waals surface area contributed by atoms with Gasteiger partial charge in [-0.3, -0.25) is 0 Å². The molecule has 1 fully saturated rings. The van der Waals surface area contributed by atoms with E-state index in [2.05, 4.69) is 41.0 Å². The molecule has 1 aromatic rings. The molecule has 0 bridgehead atoms. The Morgan fingerprint density at radius 1 is 1.50 bits per heavy atom. The zero-order valence-corrected chi connectivity index (χ0v) is 13.0. The van der Waals surface area contributed by atoms with E-state index >= 15 is 0 Å². The fraction of sp³-hybridized carbons (Fsp3) is 0.733. The Kier molecular flexibility index (Phi) is 5.31. The molecule has 112 valence electrons. The van der Waals surface area contributed by atoms with Gasteiger partial charge in [-0.05, 0) is 25.8 Å². The van der Waals surface area contributed by atoms with Crippen molar-refractivity contribution in [3.05, 3.63) is 17.5 Å². The summed E-state index contributed by atoms with van der Waals surface area (Å²) < 4.78 is 5.55. The highest BCUT2D eigenvalue weighted by Crippen LogP contribution is 2.22. The quantitative estimate of drug-likeness (QED) is 0.889. The monoisotopic (exact) mass is 278 g/mol. The predicted molar refractivity (Wildman–Crippen MR) is 80.9 cm³/mol. The minimum atomic E-state index is 0.272. The fourth-order valence-electron chi connectivity index (χ4n) is 2.59. The minimum Gasteiger partial charge on any atom is -0.379 e. The van der Waals surface area contributed by atoms with E-state index in [1.807, 2.05) is 6.20 Å². The molecule has 1 aromatic heterocycles. The molecule has 5 heteroatoms. The molecule has 0 aliphatic carbocycles. The number of rotatable bonds is 5. The zero-order chi connectivity index (χ0) is 14.5. The third-order valence-corrected chi connectivity index (χ3v) is 4.11. The van der Waals surface area contributed by atoms with Gasteiger partial charge in [0.15, 0.2) is 0 Å². The number of nitrogens with zero attached hydrogens (tertiary/aromatic N) is 3. The van der Waals surface area contributed by atoms with Gasteiger partial charge in [-0.25, -0.2) is 9.97 Å². The largest absolute Gasteiger partial charge is 0.379 e. The molecule has 0 aromatic carbocycles. The number of ether oxygens (including phenoxy) is 1. The van der Waals surface area contributed by atoms with E-state index in [4.69, 9.17) is 4.74 Å². The van der Waals surface area contributed by atoms with Gasteiger partial charge in [0.2, 0.25) is 5.95 Å². The van der Waals surface area contributed by atoms with Gasteiger partial charge in [0, 0.05) is 44.2 Å². The number of nitrogens with one attached hydrogen (secondary N) is 1. The molecule has 1 N–H and O–H groups in total. The van der Waals surface area contributed by atoms with Gasteiger partial charge in [0.25, 0.3) is 0 Å². The lowest BCUT2D eigenvalue weighted by atomic mass is 9.96. The van der Waals surface area contributed by atoms with Crippen molar-refractivity contribution < 1.29 is 4.74 Å². The van der Waals surface area contributed by atoms with E-state index in [1.54, 1.807) is 7.11 Å². The highest BCUT2D eigenvalue weighted by Gasteiger charge is 2.27. The van der Waals surface area contributed by atoms with Crippen LogP contribution in [-0.4, -0.2) is 42.8 Å². The van der Waals surface area contributed by atoms with Gasteiger partial charge < -0.3 is 15.0 Å². The molecule has 2 rings (SSSR count). The molecular formula is C15H26N4O. The second-order valence-electron chi connectivity index (χ2n) is 5.55. The Morgan fingerprint density at radius 3 is 2.95 bits per heavy atom. The molecule has 0 amide bonds. The number of aromatic nitrogens is 2. The summed E-state index contributed by atoms with van der Waals surface area (Å²) in [6.07, 6.45) is 3.34. The first-order chi connectivity index (χ1) is 9.65. The van der Waals surface area contributed by atoms with Crippen molar-refractivity contribution in [3.63, 3.8) is 0 Å². The van der Waals surface area contributed by atoms with Crippen LogP contribution in [0.2, 0.25) is 0 Å². The normalized spacial score (nSPS) is 23.1. The molecule has 2 unspecified atom stereocenters. The second kappa shape index (κ2) is 6.99. The molecule has 20 heavy (non-hydrogen) atoms. The van der Waals surface area contributed by atoms with Crippen LogP contribution in [0.25, 0.3) is 0 Å². The molecule has 2 heterocycles. The Labute approximate surface area is 121 Å². The Balaban J connectivity index is 2.07. The first-order valence-electron chi connectivity index (χ1n) is 7.46. The van der Waals surface area contributed by atoms with E-state index < -0.39 is 0 Å². The standard InChI is InChI=1S/C15H26N4O/c1-5-16-8-13-9-17-15(18-12(13)3)19-7-6-11(2)14(10-19)20-4/h9,11,14,16H,5-8,10H2,1-4H3. The third kappa shape index (κ3) is 3.46. The SMILES string of the molecule is CCNCc1cnc(N2CCC(C)C(OC)C2)nc1C. The fourth-order valence-corrected chi connectivity index (χ4v) is 2.59. The van der Waals surface area contributed by atoms with Crippen LogP contribution in [-0.2, 0) is 11.3 Å². The predicted octanol–water partition coefficient (Wildman–Crippen LogP) is 1.76. The second-order valence-corrected chi connectivity index (χ2v) is 5.55. The number of aryl methyl sites for hydroxylation is 1. The molecule has 1 aliphatic rings. The summed E-state index contributed by atoms with van der Waals surface area (Å²) in [6, 6.07) is 0. The summed E-state index contributed by atoms with van der Waals surface area (Å²) in [7, 11) is 1.79. The van der Waals surface area contributed by atoms with Crippen LogP contribution in [0.15, 0.2) is 6.20 Å². The van der Waals surface area contributed by atoms with Gasteiger partial charge in [0.1, 0.15) is 0 Å². The van der Waals surface area contributed by atoms with Crippen molar-refractivity contribution in [2.45, 2.75) is 39.8 Å². The molecule has 1 saturated heterocycles. The van der Waals surface area contributed by atoms with E-state index in [0.717, 1.165) is 44.2 Å². The van der Waals surface area contributed by atoms with Crippen molar-refractivity contribution in [3.8, 4) is 0 Å². The number of hydrogen-bond acceptors (Lipinski definition) is 5. The summed E-state index contributed by atoms with van der Waals surface area (Å²) in [4.78, 5) is 11.4.